The van der Waals surface area contributed by atoms with Gasteiger partial charge in [-0.2, -0.15) is 8.42 Å². The topological polar surface area (TPSA) is 93.1 Å². The van der Waals surface area contributed by atoms with Gasteiger partial charge in [0.2, 0.25) is 0 Å². The van der Waals surface area contributed by atoms with E-state index in [-0.39, 0.29) is 36.2 Å². The molecule has 0 aliphatic heterocycles. The predicted molar refractivity (Wildman–Crippen MR) is 88.0 cm³/mol. The van der Waals surface area contributed by atoms with E-state index in [9.17, 15) is 8.42 Å². The van der Waals surface area contributed by atoms with Crippen molar-refractivity contribution in [3.8, 4) is 0 Å². The Morgan fingerprint density at radius 1 is 0.818 bits per heavy atom. The zero-order chi connectivity index (χ0) is 16.0. The third-order valence-electron chi connectivity index (χ3n) is 3.09. The van der Waals surface area contributed by atoms with Crippen molar-refractivity contribution in [1.29, 1.82) is 0 Å². The maximum atomic E-state index is 11.1. The molecule has 6 nitrogen and oxygen atoms in total. The summed E-state index contributed by atoms with van der Waals surface area (Å²) in [4.78, 5) is 0. The Labute approximate surface area is 157 Å². The molecule has 0 aliphatic carbocycles. The van der Waals surface area contributed by atoms with E-state index < -0.39 is 23.3 Å². The van der Waals surface area contributed by atoms with Crippen LogP contribution in [0.3, 0.4) is 0 Å². The molecule has 0 saturated heterocycles. The van der Waals surface area contributed by atoms with Crippen LogP contribution >= 0.6 is 0 Å². The van der Waals surface area contributed by atoms with Crippen LogP contribution < -0.4 is 0 Å². The molecule has 0 aromatic heterocycles. The van der Waals surface area contributed by atoms with Gasteiger partial charge in [0.05, 0.1) is 6.61 Å². The minimum absolute atomic E-state index is 0. The summed E-state index contributed by atoms with van der Waals surface area (Å²) < 4.78 is 31.1. The fourth-order valence-corrected chi connectivity index (χ4v) is 2.61. The van der Waals surface area contributed by atoms with Crippen LogP contribution in [-0.2, 0) is 18.8 Å². The predicted octanol–water partition coefficient (Wildman–Crippen LogP) is 1.85. The second kappa shape index (κ2) is 16.6. The van der Waals surface area contributed by atoms with Crippen molar-refractivity contribution in [2.45, 2.75) is 77.4 Å². The molecule has 0 spiro atoms. The molecule has 0 bridgehead atoms. The molecule has 0 aliphatic rings. The Bertz CT molecular complexity index is 321. The average molecular weight is 350 g/mol. The Morgan fingerprint density at radius 2 is 1.27 bits per heavy atom. The van der Waals surface area contributed by atoms with Gasteiger partial charge >= 0.3 is 40.0 Å². The number of unbranched alkanes of at least 4 members (excludes halogenated alkanes) is 9. The first-order chi connectivity index (χ1) is 9.98. The summed E-state index contributed by atoms with van der Waals surface area (Å²) in [5.41, 5.74) is 0. The van der Waals surface area contributed by atoms with Crippen molar-refractivity contribution in [3.63, 3.8) is 0 Å². The molecule has 130 valence electrons. The molecule has 0 amide bonds. The Kier molecular flexibility index (Phi) is 18.9. The molecule has 0 heterocycles. The second-order valence-electron chi connectivity index (χ2n) is 5.18. The molecular formula is C14H31NaO6S. The monoisotopic (exact) mass is 350 g/mol. The van der Waals surface area contributed by atoms with E-state index in [1.165, 1.54) is 44.9 Å². The molecule has 8 heteroatoms. The molecule has 2 N–H and O–H groups in total. The summed E-state index contributed by atoms with van der Waals surface area (Å²) in [7, 11) is -4.11. The SMILES string of the molecule is CCCCCCCCCCCCOS(=O)(=O)OCC(O)O.[NaH]. The van der Waals surface area contributed by atoms with E-state index in [2.05, 4.69) is 15.3 Å². The summed E-state index contributed by atoms with van der Waals surface area (Å²) in [6.45, 7) is 1.57. The molecule has 0 radical (unpaired) electrons. The van der Waals surface area contributed by atoms with Gasteiger partial charge in [0.25, 0.3) is 0 Å². The molecule has 0 unspecified atom stereocenters. The zero-order valence-corrected chi connectivity index (χ0v) is 13.8. The summed E-state index contributed by atoms with van der Waals surface area (Å²) in [5.74, 6) is 0. The average Bonchev–Trinajstić information content (AvgIpc) is 2.43. The van der Waals surface area contributed by atoms with E-state index >= 15 is 0 Å². The fraction of sp³-hybridized carbons (Fsp3) is 1.00. The normalized spacial score (nSPS) is 11.6. The van der Waals surface area contributed by atoms with Crippen LogP contribution in [-0.4, -0.2) is 67.7 Å². The fourth-order valence-electron chi connectivity index (χ4n) is 1.93. The van der Waals surface area contributed by atoms with Crippen molar-refractivity contribution in [2.24, 2.45) is 0 Å². The van der Waals surface area contributed by atoms with Crippen LogP contribution in [0.5, 0.6) is 0 Å². The summed E-state index contributed by atoms with van der Waals surface area (Å²) in [6, 6.07) is 0. The Morgan fingerprint density at radius 3 is 1.73 bits per heavy atom. The first kappa shape index (κ1) is 25.0. The minimum atomic E-state index is -4.11. The third-order valence-corrected chi connectivity index (χ3v) is 3.97. The quantitative estimate of drug-likeness (QED) is 0.266. The van der Waals surface area contributed by atoms with Crippen molar-refractivity contribution >= 4 is 40.0 Å². The van der Waals surface area contributed by atoms with Crippen LogP contribution in [0.4, 0.5) is 0 Å². The van der Waals surface area contributed by atoms with Crippen LogP contribution in [0, 0.1) is 0 Å². The molecule has 0 fully saturated rings. The molecule has 0 atom stereocenters. The van der Waals surface area contributed by atoms with E-state index in [1.54, 1.807) is 0 Å². The summed E-state index contributed by atoms with van der Waals surface area (Å²) in [5, 5.41) is 17.0. The van der Waals surface area contributed by atoms with Crippen LogP contribution in [0.2, 0.25) is 0 Å². The number of hydrogen-bond acceptors (Lipinski definition) is 6. The Balaban J connectivity index is 0. The van der Waals surface area contributed by atoms with Gasteiger partial charge in [-0.05, 0) is 6.42 Å². The molecule has 22 heavy (non-hydrogen) atoms. The van der Waals surface area contributed by atoms with Crippen LogP contribution in [0.1, 0.15) is 71.1 Å². The van der Waals surface area contributed by atoms with E-state index in [0.717, 1.165) is 12.8 Å². The van der Waals surface area contributed by atoms with E-state index in [4.69, 9.17) is 10.2 Å². The van der Waals surface area contributed by atoms with Crippen molar-refractivity contribution < 1.29 is 27.0 Å². The maximum absolute atomic E-state index is 11.1. The number of rotatable bonds is 15. The van der Waals surface area contributed by atoms with E-state index in [1.807, 2.05) is 0 Å². The van der Waals surface area contributed by atoms with Crippen LogP contribution in [0.15, 0.2) is 0 Å². The Hall–Kier alpha value is 0.790. The van der Waals surface area contributed by atoms with Crippen molar-refractivity contribution in [1.82, 2.24) is 0 Å². The van der Waals surface area contributed by atoms with E-state index in [0.29, 0.717) is 6.42 Å². The number of hydrogen-bond donors (Lipinski definition) is 2. The van der Waals surface area contributed by atoms with Gasteiger partial charge in [-0.15, -0.1) is 0 Å². The number of aliphatic hydroxyl groups excluding tert-OH is 1. The summed E-state index contributed by atoms with van der Waals surface area (Å²) >= 11 is 0. The van der Waals surface area contributed by atoms with Gasteiger partial charge < -0.3 is 10.2 Å². The van der Waals surface area contributed by atoms with Crippen molar-refractivity contribution in [2.75, 3.05) is 13.2 Å². The van der Waals surface area contributed by atoms with Gasteiger partial charge in [0.15, 0.2) is 6.29 Å². The third kappa shape index (κ3) is 18.8. The molecule has 0 saturated carbocycles. The molecule has 0 aromatic rings. The number of aliphatic hydroxyl groups is 2. The van der Waals surface area contributed by atoms with Gasteiger partial charge in [-0.1, -0.05) is 64.7 Å². The first-order valence-electron chi connectivity index (χ1n) is 7.88. The molecule has 0 aromatic carbocycles. The van der Waals surface area contributed by atoms with Gasteiger partial charge in [-0.3, -0.25) is 0 Å². The van der Waals surface area contributed by atoms with Crippen LogP contribution in [0.25, 0.3) is 0 Å². The second-order valence-corrected chi connectivity index (χ2v) is 6.47. The van der Waals surface area contributed by atoms with Gasteiger partial charge in [0, 0.05) is 0 Å². The zero-order valence-electron chi connectivity index (χ0n) is 13.0. The summed E-state index contributed by atoms with van der Waals surface area (Å²) in [6.07, 6.45) is 9.75. The molecule has 0 rings (SSSR count). The van der Waals surface area contributed by atoms with Gasteiger partial charge in [-0.25, -0.2) is 8.37 Å². The standard InChI is InChI=1S/C14H30O6S.Na.H/c1-2-3-4-5-6-7-8-9-10-11-12-19-21(17,18)20-13-14(15)16;;/h14-16H,2-13H2,1H3;;. The molecular weight excluding hydrogens is 319 g/mol. The first-order valence-corrected chi connectivity index (χ1v) is 9.21. The van der Waals surface area contributed by atoms with Crippen molar-refractivity contribution in [3.05, 3.63) is 0 Å². The van der Waals surface area contributed by atoms with Gasteiger partial charge in [0.1, 0.15) is 6.61 Å².